The molecule has 1 aromatic heterocycles. The molecule has 1 aromatic rings. The van der Waals surface area contributed by atoms with Crippen LogP contribution >= 0.6 is 0 Å². The van der Waals surface area contributed by atoms with Crippen molar-refractivity contribution in [1.82, 2.24) is 20.6 Å². The van der Waals surface area contributed by atoms with E-state index in [0.717, 1.165) is 18.7 Å². The highest BCUT2D eigenvalue weighted by atomic mass is 16.4. The van der Waals surface area contributed by atoms with Crippen LogP contribution in [0, 0.1) is 0 Å². The lowest BCUT2D eigenvalue weighted by Crippen LogP contribution is -2.69. The van der Waals surface area contributed by atoms with Gasteiger partial charge in [-0.25, -0.2) is 4.98 Å². The summed E-state index contributed by atoms with van der Waals surface area (Å²) in [5.41, 5.74) is 8.28. The number of carboxylic acid groups (broad SMARTS) is 1. The molecule has 1 heterocycles. The number of rotatable bonds is 11. The number of unbranched alkanes of at least 4 members (excludes halogenated alkanes) is 1. The highest BCUT2D eigenvalue weighted by molar-refractivity contribution is 5.90. The van der Waals surface area contributed by atoms with Crippen molar-refractivity contribution in [3.63, 3.8) is 0 Å². The molecule has 2 atom stereocenters. The molecule has 10 nitrogen and oxygen atoms in total. The third kappa shape index (κ3) is 7.20. The fraction of sp³-hybridized carbons (Fsp3) is 0.571. The molecule has 0 fully saturated rings. The number of aliphatic carboxylic acids is 1. The Kier molecular flexibility index (Phi) is 8.44. The van der Waals surface area contributed by atoms with Crippen molar-refractivity contribution in [3.05, 3.63) is 18.2 Å². The average molecular weight is 341 g/mol. The van der Waals surface area contributed by atoms with E-state index < -0.39 is 30.5 Å². The maximum atomic E-state index is 12.2. The molecule has 0 aliphatic heterocycles. The number of imidazole rings is 1. The van der Waals surface area contributed by atoms with Crippen LogP contribution in [-0.2, 0) is 20.8 Å². The van der Waals surface area contributed by atoms with Gasteiger partial charge in [0.05, 0.1) is 31.8 Å². The van der Waals surface area contributed by atoms with Gasteiger partial charge in [0.2, 0.25) is 5.91 Å². The molecule has 0 aromatic carbocycles. The molecule has 0 radical (unpaired) electrons. The van der Waals surface area contributed by atoms with Crippen molar-refractivity contribution in [2.45, 2.75) is 37.8 Å². The van der Waals surface area contributed by atoms with E-state index in [-0.39, 0.29) is 5.91 Å². The number of nitrogens with zero attached hydrogens (tertiary/aromatic N) is 1. The Morgan fingerprint density at radius 1 is 1.29 bits per heavy atom. The minimum atomic E-state index is -1.39. The Bertz CT molecular complexity index is 533. The predicted molar refractivity (Wildman–Crippen MR) is 80.5 cm³/mol. The van der Waals surface area contributed by atoms with Crippen molar-refractivity contribution in [2.75, 3.05) is 13.1 Å². The number of quaternary nitrogens is 2. The molecule has 2 amide bonds. The van der Waals surface area contributed by atoms with Crippen LogP contribution in [0.2, 0.25) is 0 Å². The van der Waals surface area contributed by atoms with Crippen molar-refractivity contribution >= 4 is 17.8 Å². The predicted octanol–water partition coefficient (Wildman–Crippen LogP) is -4.67. The molecule has 24 heavy (non-hydrogen) atoms. The smallest absolute Gasteiger partial charge is 0.279 e. The Balaban J connectivity index is 2.58. The van der Waals surface area contributed by atoms with Crippen LogP contribution in [0.5, 0.6) is 0 Å². The fourth-order valence-corrected chi connectivity index (χ4v) is 2.12. The van der Waals surface area contributed by atoms with Crippen LogP contribution in [0.3, 0.4) is 0 Å². The molecule has 0 aliphatic carbocycles. The monoisotopic (exact) mass is 341 g/mol. The van der Waals surface area contributed by atoms with Gasteiger partial charge in [-0.05, 0) is 19.3 Å². The zero-order valence-corrected chi connectivity index (χ0v) is 13.5. The van der Waals surface area contributed by atoms with Gasteiger partial charge in [-0.3, -0.25) is 9.59 Å². The van der Waals surface area contributed by atoms with Crippen LogP contribution < -0.4 is 27.2 Å². The number of H-pyrrole nitrogens is 1. The third-order valence-corrected chi connectivity index (χ3v) is 3.42. The van der Waals surface area contributed by atoms with Gasteiger partial charge in [-0.2, -0.15) is 0 Å². The highest BCUT2D eigenvalue weighted by Gasteiger charge is 2.25. The number of carbonyl (C=O) groups excluding carboxylic acids is 3. The number of nitrogens with one attached hydrogen (secondary N) is 3. The van der Waals surface area contributed by atoms with E-state index in [0.29, 0.717) is 19.3 Å². The minimum absolute atomic E-state index is 0.359. The van der Waals surface area contributed by atoms with E-state index in [1.807, 2.05) is 0 Å². The van der Waals surface area contributed by atoms with E-state index in [9.17, 15) is 19.5 Å². The average Bonchev–Trinajstić information content (AvgIpc) is 3.04. The first-order valence-electron chi connectivity index (χ1n) is 7.81. The summed E-state index contributed by atoms with van der Waals surface area (Å²) >= 11 is 0. The minimum Gasteiger partial charge on any atom is -0.548 e. The van der Waals surface area contributed by atoms with Crippen molar-refractivity contribution in [1.29, 1.82) is 0 Å². The van der Waals surface area contributed by atoms with E-state index in [2.05, 4.69) is 32.1 Å². The number of carbonyl (C=O) groups is 3. The Morgan fingerprint density at radius 2 is 2.04 bits per heavy atom. The van der Waals surface area contributed by atoms with E-state index >= 15 is 0 Å². The molecule has 0 bridgehead atoms. The molecular formula is C14H25N6O4+. The summed E-state index contributed by atoms with van der Waals surface area (Å²) in [6, 6.07) is -1.41. The first-order chi connectivity index (χ1) is 11.4. The Hall–Kier alpha value is -2.46. The second kappa shape index (κ2) is 10.3. The van der Waals surface area contributed by atoms with Crippen LogP contribution in [0.15, 0.2) is 12.5 Å². The zero-order valence-electron chi connectivity index (χ0n) is 13.5. The largest absolute Gasteiger partial charge is 0.548 e. The Labute approximate surface area is 139 Å². The summed E-state index contributed by atoms with van der Waals surface area (Å²) in [5.74, 6) is -2.32. The van der Waals surface area contributed by atoms with Crippen molar-refractivity contribution in [2.24, 2.45) is 0 Å². The van der Waals surface area contributed by atoms with Crippen LogP contribution in [-0.4, -0.2) is 52.9 Å². The van der Waals surface area contributed by atoms with E-state index in [4.69, 9.17) is 0 Å². The lowest BCUT2D eigenvalue weighted by atomic mass is 10.1. The summed E-state index contributed by atoms with van der Waals surface area (Å²) in [7, 11) is 0. The first kappa shape index (κ1) is 19.6. The maximum absolute atomic E-state index is 12.2. The molecular weight excluding hydrogens is 316 g/mol. The van der Waals surface area contributed by atoms with Gasteiger partial charge in [-0.15, -0.1) is 0 Å². The fourth-order valence-electron chi connectivity index (χ4n) is 2.12. The van der Waals surface area contributed by atoms with E-state index in [1.165, 1.54) is 6.33 Å². The SMILES string of the molecule is [NH3+]CCCC[C@H](NC(=O)[C@@H]([NH3+])Cc1cnc[nH]1)C(=O)NCC(=O)[O-]. The number of carboxylic acids is 1. The normalized spacial score (nSPS) is 13.1. The van der Waals surface area contributed by atoms with Gasteiger partial charge in [-0.1, -0.05) is 0 Å². The molecule has 9 N–H and O–H groups in total. The summed E-state index contributed by atoms with van der Waals surface area (Å²) in [6.07, 6.45) is 5.37. The standard InChI is InChI=1S/C14H24N6O4/c15-4-2-1-3-11(14(24)18-7-12(21)22)20-13(23)10(16)5-9-6-17-8-19-9/h6,8,10-11H,1-5,7,15-16H2,(H,17,19)(H,18,24)(H,20,23)(H,21,22)/p+1/t10-,11-/m0/s1. The first-order valence-corrected chi connectivity index (χ1v) is 7.81. The van der Waals surface area contributed by atoms with Gasteiger partial charge in [0.15, 0.2) is 6.04 Å². The topological polar surface area (TPSA) is 182 Å². The summed E-state index contributed by atoms with van der Waals surface area (Å²) in [6.45, 7) is 0.127. The molecule has 10 heteroatoms. The van der Waals surface area contributed by atoms with Crippen molar-refractivity contribution in [3.8, 4) is 0 Å². The molecule has 1 rings (SSSR count). The maximum Gasteiger partial charge on any atom is 0.279 e. The molecule has 0 aliphatic rings. The summed E-state index contributed by atoms with van der Waals surface area (Å²) in [5, 5.41) is 15.3. The number of hydrogen-bond acceptors (Lipinski definition) is 5. The quantitative estimate of drug-likeness (QED) is 0.253. The molecule has 0 saturated heterocycles. The van der Waals surface area contributed by atoms with E-state index in [1.54, 1.807) is 6.20 Å². The van der Waals surface area contributed by atoms with Crippen LogP contribution in [0.25, 0.3) is 0 Å². The van der Waals surface area contributed by atoms with Gasteiger partial charge in [0.1, 0.15) is 6.04 Å². The molecule has 0 saturated carbocycles. The van der Waals surface area contributed by atoms with Gasteiger partial charge in [0.25, 0.3) is 5.91 Å². The van der Waals surface area contributed by atoms with Gasteiger partial charge in [0, 0.05) is 11.9 Å². The Morgan fingerprint density at radius 3 is 2.62 bits per heavy atom. The lowest BCUT2D eigenvalue weighted by Gasteiger charge is -2.19. The van der Waals surface area contributed by atoms with Gasteiger partial charge >= 0.3 is 0 Å². The number of aromatic amines is 1. The zero-order chi connectivity index (χ0) is 17.9. The lowest BCUT2D eigenvalue weighted by molar-refractivity contribution is -0.403. The molecule has 134 valence electrons. The number of aromatic nitrogens is 2. The summed E-state index contributed by atoms with van der Waals surface area (Å²) < 4.78 is 0. The van der Waals surface area contributed by atoms with Crippen LogP contribution in [0.4, 0.5) is 0 Å². The summed E-state index contributed by atoms with van der Waals surface area (Å²) in [4.78, 5) is 41.5. The van der Waals surface area contributed by atoms with Crippen molar-refractivity contribution < 1.29 is 31.0 Å². The second-order valence-electron chi connectivity index (χ2n) is 5.48. The highest BCUT2D eigenvalue weighted by Crippen LogP contribution is 2.02. The van der Waals surface area contributed by atoms with Crippen LogP contribution in [0.1, 0.15) is 25.0 Å². The second-order valence-corrected chi connectivity index (χ2v) is 5.48. The number of amides is 2. The number of hydrogen-bond donors (Lipinski definition) is 5. The third-order valence-electron chi connectivity index (χ3n) is 3.42. The molecule has 0 spiro atoms. The van der Waals surface area contributed by atoms with Gasteiger partial charge < -0.3 is 37.0 Å². The molecule has 0 unspecified atom stereocenters.